The van der Waals surface area contributed by atoms with Crippen molar-refractivity contribution in [3.8, 4) is 0 Å². The molecule has 4 saturated carbocycles. The summed E-state index contributed by atoms with van der Waals surface area (Å²) in [5, 5.41) is 0. The lowest BCUT2D eigenvalue weighted by atomic mass is 9.43. The van der Waals surface area contributed by atoms with E-state index in [-0.39, 0.29) is 17.0 Å². The molecule has 0 aromatic carbocycles. The summed E-state index contributed by atoms with van der Waals surface area (Å²) in [4.78, 5) is 11.5. The van der Waals surface area contributed by atoms with Crippen molar-refractivity contribution in [3.05, 3.63) is 0 Å². The highest BCUT2D eigenvalue weighted by Gasteiger charge is 2.66. The molecule has 0 radical (unpaired) electrons. The average Bonchev–Trinajstić information content (AvgIpc) is 3.17. The highest BCUT2D eigenvalue weighted by atomic mass is 32.2. The van der Waals surface area contributed by atoms with Crippen molar-refractivity contribution in [1.29, 1.82) is 0 Å². The number of hydrogen-bond donors (Lipinski definition) is 0. The molecule has 1 unspecified atom stereocenters. The summed E-state index contributed by atoms with van der Waals surface area (Å²) in [6, 6.07) is 0. The van der Waals surface area contributed by atoms with Gasteiger partial charge in [0.15, 0.2) is 0 Å². The van der Waals surface area contributed by atoms with Crippen LogP contribution in [0.15, 0.2) is 0 Å². The van der Waals surface area contributed by atoms with Crippen LogP contribution in [0, 0.1) is 52.3 Å². The van der Waals surface area contributed by atoms with Crippen LogP contribution in [-0.2, 0) is 14.3 Å². The minimum atomic E-state index is -0.172. The fraction of sp³-hybridized carbons (Fsp3) is 0.969. The van der Waals surface area contributed by atoms with Crippen LogP contribution in [0.1, 0.15) is 119 Å². The normalized spacial score (nSPS) is 47.2. The Balaban J connectivity index is 1.37. The van der Waals surface area contributed by atoms with E-state index in [4.69, 9.17) is 9.47 Å². The lowest BCUT2D eigenvalue weighted by Gasteiger charge is -2.66. The van der Waals surface area contributed by atoms with Gasteiger partial charge in [-0.15, -0.1) is 11.8 Å². The van der Waals surface area contributed by atoms with Crippen molar-refractivity contribution in [2.24, 2.45) is 52.3 Å². The first-order valence-corrected chi connectivity index (χ1v) is 16.5. The van der Waals surface area contributed by atoms with Crippen LogP contribution in [0.3, 0.4) is 0 Å². The van der Waals surface area contributed by atoms with E-state index in [2.05, 4.69) is 34.6 Å². The fourth-order valence-electron chi connectivity index (χ4n) is 10.6. The summed E-state index contributed by atoms with van der Waals surface area (Å²) in [7, 11) is 0. The molecule has 1 aliphatic heterocycles. The first-order chi connectivity index (χ1) is 17.1. The zero-order valence-electron chi connectivity index (χ0n) is 24.2. The van der Waals surface area contributed by atoms with Crippen molar-refractivity contribution in [3.63, 3.8) is 0 Å². The van der Waals surface area contributed by atoms with Crippen LogP contribution in [-0.4, -0.2) is 29.4 Å². The SMILES string of the molecule is CC(=O)OC1CO[C@]2(C[C@H]3[C@@H]4CC[C@H]([C@H](C)CCCC(C)C)[C@@]4(C)CC[C@@H]3[C@@]3(C)CCCC[C@@H]32)SC1. The molecule has 0 aromatic heterocycles. The second kappa shape index (κ2) is 10.4. The van der Waals surface area contributed by atoms with Crippen LogP contribution in [0.5, 0.6) is 0 Å². The zero-order chi connectivity index (χ0) is 25.7. The summed E-state index contributed by atoms with van der Waals surface area (Å²) in [5.74, 6) is 6.50. The molecule has 0 N–H and O–H groups in total. The van der Waals surface area contributed by atoms with Gasteiger partial charge in [0.1, 0.15) is 11.0 Å². The number of thioether (sulfide) groups is 1. The quantitative estimate of drug-likeness (QED) is 0.330. The average molecular weight is 519 g/mol. The third-order valence-electron chi connectivity index (χ3n) is 12.2. The largest absolute Gasteiger partial charge is 0.459 e. The number of esters is 1. The summed E-state index contributed by atoms with van der Waals surface area (Å²) in [6.45, 7) is 14.8. The molecule has 1 spiro atoms. The van der Waals surface area contributed by atoms with E-state index in [0.29, 0.717) is 23.4 Å². The molecule has 10 atom stereocenters. The molecule has 5 fully saturated rings. The molecular formula is C32H54O3S. The Morgan fingerprint density at radius 2 is 1.78 bits per heavy atom. The molecule has 4 heteroatoms. The van der Waals surface area contributed by atoms with Gasteiger partial charge in [-0.05, 0) is 91.3 Å². The summed E-state index contributed by atoms with van der Waals surface area (Å²) >= 11 is 2.03. The van der Waals surface area contributed by atoms with Gasteiger partial charge >= 0.3 is 5.97 Å². The predicted molar refractivity (Wildman–Crippen MR) is 150 cm³/mol. The molecule has 0 aromatic rings. The Kier molecular flexibility index (Phi) is 7.90. The molecule has 4 aliphatic carbocycles. The predicted octanol–water partition coefficient (Wildman–Crippen LogP) is 8.50. The second-order valence-electron chi connectivity index (χ2n) is 14.6. The minimum Gasteiger partial charge on any atom is -0.459 e. The molecule has 1 heterocycles. The number of carbonyl (C=O) groups excluding carboxylic acids is 1. The van der Waals surface area contributed by atoms with Crippen molar-refractivity contribution < 1.29 is 14.3 Å². The van der Waals surface area contributed by atoms with E-state index in [0.717, 1.165) is 41.3 Å². The Morgan fingerprint density at radius 1 is 1.00 bits per heavy atom. The summed E-state index contributed by atoms with van der Waals surface area (Å²) < 4.78 is 12.5. The molecule has 3 nitrogen and oxygen atoms in total. The first kappa shape index (κ1) is 27.4. The number of rotatable bonds is 6. The Labute approximate surface area is 226 Å². The van der Waals surface area contributed by atoms with E-state index >= 15 is 0 Å². The van der Waals surface area contributed by atoms with Crippen molar-refractivity contribution in [2.75, 3.05) is 12.4 Å². The van der Waals surface area contributed by atoms with Crippen LogP contribution >= 0.6 is 11.8 Å². The molecule has 5 aliphatic rings. The number of ether oxygens (including phenoxy) is 2. The number of hydrogen-bond acceptors (Lipinski definition) is 4. The molecule has 0 amide bonds. The van der Waals surface area contributed by atoms with Crippen LogP contribution in [0.4, 0.5) is 0 Å². The van der Waals surface area contributed by atoms with E-state index in [1.165, 1.54) is 84.0 Å². The lowest BCUT2D eigenvalue weighted by molar-refractivity contribution is -0.201. The zero-order valence-corrected chi connectivity index (χ0v) is 25.0. The number of carbonyl (C=O) groups is 1. The van der Waals surface area contributed by atoms with Gasteiger partial charge in [-0.3, -0.25) is 4.79 Å². The lowest BCUT2D eigenvalue weighted by Crippen LogP contribution is -2.63. The van der Waals surface area contributed by atoms with Crippen molar-refractivity contribution in [2.45, 2.75) is 130 Å². The summed E-state index contributed by atoms with van der Waals surface area (Å²) in [6.07, 6.45) is 16.6. The second-order valence-corrected chi connectivity index (χ2v) is 15.9. The van der Waals surface area contributed by atoms with Crippen LogP contribution in [0.25, 0.3) is 0 Å². The fourth-order valence-corrected chi connectivity index (χ4v) is 12.3. The molecule has 36 heavy (non-hydrogen) atoms. The monoisotopic (exact) mass is 518 g/mol. The van der Waals surface area contributed by atoms with Gasteiger partial charge in [-0.1, -0.05) is 66.7 Å². The Morgan fingerprint density at radius 3 is 2.47 bits per heavy atom. The molecule has 1 saturated heterocycles. The maximum absolute atomic E-state index is 11.6. The molecule has 5 rings (SSSR count). The summed E-state index contributed by atoms with van der Waals surface area (Å²) in [5.41, 5.74) is 0.918. The van der Waals surface area contributed by atoms with Gasteiger partial charge in [0, 0.05) is 18.6 Å². The maximum Gasteiger partial charge on any atom is 0.303 e. The Bertz CT molecular complexity index is 788. The van der Waals surface area contributed by atoms with E-state index in [9.17, 15) is 4.79 Å². The van der Waals surface area contributed by atoms with Crippen LogP contribution in [0.2, 0.25) is 0 Å². The van der Waals surface area contributed by atoms with Crippen LogP contribution < -0.4 is 0 Å². The molecule has 0 bridgehead atoms. The molecular weight excluding hydrogens is 464 g/mol. The van der Waals surface area contributed by atoms with Gasteiger partial charge in [0.05, 0.1) is 6.61 Å². The number of fused-ring (bicyclic) bond motifs is 6. The van der Waals surface area contributed by atoms with Gasteiger partial charge in [0.2, 0.25) is 0 Å². The van der Waals surface area contributed by atoms with Gasteiger partial charge in [0.25, 0.3) is 0 Å². The third kappa shape index (κ3) is 4.71. The molecule has 206 valence electrons. The van der Waals surface area contributed by atoms with Gasteiger partial charge in [-0.2, -0.15) is 0 Å². The van der Waals surface area contributed by atoms with E-state index in [1.54, 1.807) is 0 Å². The maximum atomic E-state index is 11.6. The third-order valence-corrected chi connectivity index (χ3v) is 13.7. The first-order valence-electron chi connectivity index (χ1n) is 15.5. The van der Waals surface area contributed by atoms with Crippen molar-refractivity contribution in [1.82, 2.24) is 0 Å². The van der Waals surface area contributed by atoms with E-state index in [1.807, 2.05) is 11.8 Å². The van der Waals surface area contributed by atoms with Gasteiger partial charge < -0.3 is 9.47 Å². The van der Waals surface area contributed by atoms with Crippen molar-refractivity contribution >= 4 is 17.7 Å². The highest BCUT2D eigenvalue weighted by molar-refractivity contribution is 8.00. The van der Waals surface area contributed by atoms with E-state index < -0.39 is 0 Å². The highest BCUT2D eigenvalue weighted by Crippen LogP contribution is 2.72. The standard InChI is InChI=1S/C32H54O3S/c1-21(2)10-9-11-22(3)26-13-14-27-25-18-32(34-19-24(20-36-32)35-23(4)33)29-12-7-8-16-31(29,6)28(25)15-17-30(26,27)5/h21-22,24-29H,7-20H2,1-6H3/t22-,24?,25+,26-,27+,28+,29+,30-,31-,32-/m1/s1. The minimum absolute atomic E-state index is 0.0633. The topological polar surface area (TPSA) is 35.5 Å². The van der Waals surface area contributed by atoms with Gasteiger partial charge in [-0.25, -0.2) is 0 Å². The smallest absolute Gasteiger partial charge is 0.303 e. The Hall–Kier alpha value is -0.220.